The Morgan fingerprint density at radius 2 is 2.15 bits per heavy atom. The molecule has 4 rings (SSSR count). The molecule has 1 fully saturated rings. The van der Waals surface area contributed by atoms with Crippen LogP contribution in [0.2, 0.25) is 0 Å². The van der Waals surface area contributed by atoms with Gasteiger partial charge in [-0.3, -0.25) is 4.79 Å². The highest BCUT2D eigenvalue weighted by atomic mass is 32.1. The Morgan fingerprint density at radius 3 is 2.81 bits per heavy atom. The molecule has 27 heavy (non-hydrogen) atoms. The maximum Gasteiger partial charge on any atom is 0.275 e. The van der Waals surface area contributed by atoms with Crippen LogP contribution in [0.1, 0.15) is 33.3 Å². The van der Waals surface area contributed by atoms with E-state index < -0.39 is 0 Å². The van der Waals surface area contributed by atoms with Crippen LogP contribution in [0, 0.1) is 19.8 Å². The number of nitrogens with one attached hydrogen (secondary N) is 2. The summed E-state index contributed by atoms with van der Waals surface area (Å²) in [6.45, 7) is 6.16. The maximum absolute atomic E-state index is 12.5. The fraction of sp³-hybridized carbons (Fsp3) is 0.350. The Morgan fingerprint density at radius 1 is 1.33 bits per heavy atom. The molecule has 6 nitrogen and oxygen atoms in total. The third kappa shape index (κ3) is 3.94. The van der Waals surface area contributed by atoms with E-state index in [9.17, 15) is 4.79 Å². The van der Waals surface area contributed by atoms with Gasteiger partial charge in [0.2, 0.25) is 0 Å². The van der Waals surface area contributed by atoms with Gasteiger partial charge in [-0.15, -0.1) is 11.3 Å². The van der Waals surface area contributed by atoms with Crippen molar-refractivity contribution >= 4 is 22.9 Å². The van der Waals surface area contributed by atoms with Crippen molar-refractivity contribution in [1.29, 1.82) is 0 Å². The number of thiazole rings is 1. The maximum atomic E-state index is 12.5. The van der Waals surface area contributed by atoms with E-state index in [1.165, 1.54) is 6.42 Å². The second-order valence-corrected chi connectivity index (χ2v) is 7.92. The van der Waals surface area contributed by atoms with Crippen LogP contribution >= 0.6 is 11.3 Å². The van der Waals surface area contributed by atoms with Crippen LogP contribution in [0.25, 0.3) is 5.69 Å². The van der Waals surface area contributed by atoms with Gasteiger partial charge in [0.05, 0.1) is 17.0 Å². The molecule has 1 aliphatic rings. The van der Waals surface area contributed by atoms with E-state index in [0.717, 1.165) is 47.3 Å². The SMILES string of the molecule is Cc1ncn(-c2ccc(NC(=O)c3csc(CC4CCNC4)n3)cc2)c1C. The second-order valence-electron chi connectivity index (χ2n) is 6.98. The predicted molar refractivity (Wildman–Crippen MR) is 108 cm³/mol. The monoisotopic (exact) mass is 381 g/mol. The highest BCUT2D eigenvalue weighted by molar-refractivity contribution is 7.09. The van der Waals surface area contributed by atoms with Crippen molar-refractivity contribution in [3.05, 3.63) is 58.1 Å². The number of hydrogen-bond acceptors (Lipinski definition) is 5. The number of carbonyl (C=O) groups is 1. The van der Waals surface area contributed by atoms with Crippen LogP contribution in [0.3, 0.4) is 0 Å². The van der Waals surface area contributed by atoms with Crippen LogP contribution in [0.15, 0.2) is 36.0 Å². The summed E-state index contributed by atoms with van der Waals surface area (Å²) in [6.07, 6.45) is 3.95. The van der Waals surface area contributed by atoms with E-state index >= 15 is 0 Å². The normalized spacial score (nSPS) is 16.6. The van der Waals surface area contributed by atoms with Gasteiger partial charge in [0.15, 0.2) is 0 Å². The first-order valence-electron chi connectivity index (χ1n) is 9.17. The molecule has 0 radical (unpaired) electrons. The number of nitrogens with zero attached hydrogens (tertiary/aromatic N) is 3. The van der Waals surface area contributed by atoms with Crippen molar-refractivity contribution in [3.63, 3.8) is 0 Å². The molecule has 1 unspecified atom stereocenters. The standard InChI is InChI=1S/C20H23N5OS/c1-13-14(2)25(12-22-13)17-5-3-16(4-6-17)23-20(26)18-11-27-19(24-18)9-15-7-8-21-10-15/h3-6,11-12,15,21H,7-10H2,1-2H3,(H,23,26). The fourth-order valence-corrected chi connectivity index (χ4v) is 4.19. The van der Waals surface area contributed by atoms with Gasteiger partial charge in [-0.2, -0.15) is 0 Å². The summed E-state index contributed by atoms with van der Waals surface area (Å²) in [7, 11) is 0. The Balaban J connectivity index is 1.40. The van der Waals surface area contributed by atoms with Gasteiger partial charge in [0, 0.05) is 28.9 Å². The molecule has 1 atom stereocenters. The van der Waals surface area contributed by atoms with Crippen molar-refractivity contribution in [3.8, 4) is 5.69 Å². The average molecular weight is 382 g/mol. The number of imidazole rings is 1. The van der Waals surface area contributed by atoms with Gasteiger partial charge in [-0.25, -0.2) is 9.97 Å². The van der Waals surface area contributed by atoms with Crippen LogP contribution in [-0.2, 0) is 6.42 Å². The van der Waals surface area contributed by atoms with Gasteiger partial charge in [0.1, 0.15) is 5.69 Å². The van der Waals surface area contributed by atoms with Crippen molar-refractivity contribution in [2.45, 2.75) is 26.7 Å². The fourth-order valence-electron chi connectivity index (χ4n) is 3.30. The minimum atomic E-state index is -0.163. The molecule has 3 aromatic rings. The highest BCUT2D eigenvalue weighted by Gasteiger charge is 2.18. The summed E-state index contributed by atoms with van der Waals surface area (Å²) in [4.78, 5) is 21.3. The molecule has 0 saturated carbocycles. The van der Waals surface area contributed by atoms with E-state index in [1.807, 2.05) is 54.4 Å². The molecule has 140 valence electrons. The number of rotatable bonds is 5. The number of hydrogen-bond donors (Lipinski definition) is 2. The first kappa shape index (κ1) is 17.9. The summed E-state index contributed by atoms with van der Waals surface area (Å²) >= 11 is 1.57. The summed E-state index contributed by atoms with van der Waals surface area (Å²) < 4.78 is 2.03. The number of carbonyl (C=O) groups excluding carboxylic acids is 1. The summed E-state index contributed by atoms with van der Waals surface area (Å²) in [5.41, 5.74) is 4.39. The third-order valence-electron chi connectivity index (χ3n) is 5.07. The number of aromatic nitrogens is 3. The predicted octanol–water partition coefficient (Wildman–Crippen LogP) is 3.35. The molecule has 0 aliphatic carbocycles. The number of benzene rings is 1. The lowest BCUT2D eigenvalue weighted by Crippen LogP contribution is -2.13. The van der Waals surface area contributed by atoms with Crippen LogP contribution < -0.4 is 10.6 Å². The molecule has 2 aromatic heterocycles. The largest absolute Gasteiger partial charge is 0.321 e. The molecule has 3 heterocycles. The molecule has 0 bridgehead atoms. The Kier molecular flexibility index (Phi) is 5.05. The van der Waals surface area contributed by atoms with E-state index in [0.29, 0.717) is 11.6 Å². The Labute approximate surface area is 162 Å². The molecule has 1 saturated heterocycles. The molecule has 7 heteroatoms. The van der Waals surface area contributed by atoms with E-state index in [2.05, 4.69) is 20.6 Å². The molecular formula is C20H23N5OS. The molecule has 0 spiro atoms. The quantitative estimate of drug-likeness (QED) is 0.711. The summed E-state index contributed by atoms with van der Waals surface area (Å²) in [6, 6.07) is 7.76. The molecular weight excluding hydrogens is 358 g/mol. The van der Waals surface area contributed by atoms with Crippen LogP contribution in [0.4, 0.5) is 5.69 Å². The zero-order valence-corrected chi connectivity index (χ0v) is 16.3. The first-order chi connectivity index (χ1) is 13.1. The summed E-state index contributed by atoms with van der Waals surface area (Å²) in [5.74, 6) is 0.472. The molecule has 1 amide bonds. The van der Waals surface area contributed by atoms with Gasteiger partial charge in [0.25, 0.3) is 5.91 Å². The van der Waals surface area contributed by atoms with Gasteiger partial charge < -0.3 is 15.2 Å². The lowest BCUT2D eigenvalue weighted by Gasteiger charge is -2.08. The van der Waals surface area contributed by atoms with Crippen molar-refractivity contribution in [2.24, 2.45) is 5.92 Å². The number of amides is 1. The van der Waals surface area contributed by atoms with Crippen molar-refractivity contribution in [2.75, 3.05) is 18.4 Å². The minimum absolute atomic E-state index is 0.163. The van der Waals surface area contributed by atoms with Gasteiger partial charge >= 0.3 is 0 Å². The lowest BCUT2D eigenvalue weighted by atomic mass is 10.1. The third-order valence-corrected chi connectivity index (χ3v) is 5.94. The zero-order chi connectivity index (χ0) is 18.8. The molecule has 2 N–H and O–H groups in total. The highest BCUT2D eigenvalue weighted by Crippen LogP contribution is 2.20. The van der Waals surface area contributed by atoms with Gasteiger partial charge in [-0.05, 0) is 63.5 Å². The van der Waals surface area contributed by atoms with Gasteiger partial charge in [-0.1, -0.05) is 0 Å². The molecule has 1 aliphatic heterocycles. The lowest BCUT2D eigenvalue weighted by molar-refractivity contribution is 0.102. The molecule has 1 aromatic carbocycles. The topological polar surface area (TPSA) is 71.8 Å². The van der Waals surface area contributed by atoms with E-state index in [1.54, 1.807) is 11.3 Å². The smallest absolute Gasteiger partial charge is 0.275 e. The van der Waals surface area contributed by atoms with E-state index in [-0.39, 0.29) is 5.91 Å². The van der Waals surface area contributed by atoms with Crippen molar-refractivity contribution in [1.82, 2.24) is 19.9 Å². The zero-order valence-electron chi connectivity index (χ0n) is 15.5. The average Bonchev–Trinajstić information content (AvgIpc) is 3.40. The van der Waals surface area contributed by atoms with E-state index in [4.69, 9.17) is 0 Å². The number of aryl methyl sites for hydroxylation is 1. The first-order valence-corrected chi connectivity index (χ1v) is 10.1. The Bertz CT molecular complexity index is 938. The van der Waals surface area contributed by atoms with Crippen molar-refractivity contribution < 1.29 is 4.79 Å². The minimum Gasteiger partial charge on any atom is -0.321 e. The second kappa shape index (κ2) is 7.62. The Hall–Kier alpha value is -2.51. The summed E-state index contributed by atoms with van der Waals surface area (Å²) in [5, 5.41) is 9.18. The number of anilines is 1. The van der Waals surface area contributed by atoms with Crippen LogP contribution in [0.5, 0.6) is 0 Å². The van der Waals surface area contributed by atoms with Crippen LogP contribution in [-0.4, -0.2) is 33.5 Å².